The van der Waals surface area contributed by atoms with E-state index in [2.05, 4.69) is 20.8 Å². The third kappa shape index (κ3) is 2.43. The largest absolute Gasteiger partial charge is 0.494 e. The Kier molecular flexibility index (Phi) is 3.34. The first-order valence-electron chi connectivity index (χ1n) is 7.24. The van der Waals surface area contributed by atoms with Crippen LogP contribution in [0, 0.1) is 0 Å². The average Bonchev–Trinajstić information content (AvgIpc) is 3.21. The van der Waals surface area contributed by atoms with Crippen molar-refractivity contribution in [3.63, 3.8) is 0 Å². The molecular formula is C16H13N5O3. The van der Waals surface area contributed by atoms with Crippen LogP contribution in [-0.4, -0.2) is 33.2 Å². The summed E-state index contributed by atoms with van der Waals surface area (Å²) in [5.41, 5.74) is 2.05. The van der Waals surface area contributed by atoms with E-state index in [1.807, 2.05) is 30.3 Å². The first-order chi connectivity index (χ1) is 11.7. The Labute approximate surface area is 136 Å². The molecule has 0 fully saturated rings. The maximum atomic E-state index is 12.2. The van der Waals surface area contributed by atoms with Gasteiger partial charge in [-0.3, -0.25) is 4.79 Å². The molecule has 24 heavy (non-hydrogen) atoms. The number of para-hydroxylation sites is 1. The van der Waals surface area contributed by atoms with Crippen LogP contribution in [0.15, 0.2) is 47.1 Å². The molecule has 0 radical (unpaired) electrons. The number of tetrazole rings is 1. The monoisotopic (exact) mass is 323 g/mol. The number of carbonyl (C=O) groups excluding carboxylic acids is 1. The van der Waals surface area contributed by atoms with Crippen molar-refractivity contribution < 1.29 is 13.9 Å². The molecule has 2 aromatic carbocycles. The maximum absolute atomic E-state index is 12.2. The van der Waals surface area contributed by atoms with Gasteiger partial charge in [-0.15, -0.1) is 5.10 Å². The van der Waals surface area contributed by atoms with Crippen molar-refractivity contribution in [2.45, 2.75) is 6.54 Å². The van der Waals surface area contributed by atoms with Gasteiger partial charge in [0.1, 0.15) is 29.8 Å². The van der Waals surface area contributed by atoms with Gasteiger partial charge in [0.25, 0.3) is 0 Å². The van der Waals surface area contributed by atoms with E-state index >= 15 is 0 Å². The minimum Gasteiger partial charge on any atom is -0.494 e. The second-order valence-corrected chi connectivity index (χ2v) is 5.20. The molecule has 0 bridgehead atoms. The molecule has 1 amide bonds. The fraction of sp³-hybridized carbons (Fsp3) is 0.125. The number of nitrogens with one attached hydrogen (secondary N) is 1. The van der Waals surface area contributed by atoms with Crippen molar-refractivity contribution in [3.8, 4) is 5.75 Å². The molecule has 2 heterocycles. The number of methoxy groups -OCH3 is 1. The normalized spacial score (nSPS) is 11.0. The zero-order chi connectivity index (χ0) is 16.5. The molecule has 4 aromatic rings. The van der Waals surface area contributed by atoms with E-state index in [1.54, 1.807) is 13.2 Å². The van der Waals surface area contributed by atoms with Crippen molar-refractivity contribution >= 4 is 33.5 Å². The van der Waals surface area contributed by atoms with Crippen molar-refractivity contribution in [2.24, 2.45) is 0 Å². The van der Waals surface area contributed by atoms with Crippen molar-refractivity contribution in [3.05, 3.63) is 42.7 Å². The van der Waals surface area contributed by atoms with Crippen molar-refractivity contribution in [1.29, 1.82) is 0 Å². The third-order valence-corrected chi connectivity index (χ3v) is 3.67. The Morgan fingerprint density at radius 2 is 2.12 bits per heavy atom. The van der Waals surface area contributed by atoms with E-state index in [1.165, 1.54) is 11.0 Å². The molecule has 4 rings (SSSR count). The molecular weight excluding hydrogens is 310 g/mol. The summed E-state index contributed by atoms with van der Waals surface area (Å²) in [4.78, 5) is 12.2. The lowest BCUT2D eigenvalue weighted by Crippen LogP contribution is -2.19. The fourth-order valence-corrected chi connectivity index (χ4v) is 2.61. The molecule has 2 aromatic heterocycles. The topological polar surface area (TPSA) is 95.1 Å². The molecule has 1 N–H and O–H groups in total. The van der Waals surface area contributed by atoms with Crippen molar-refractivity contribution in [1.82, 2.24) is 20.2 Å². The summed E-state index contributed by atoms with van der Waals surface area (Å²) in [5.74, 6) is 0.263. The highest BCUT2D eigenvalue weighted by atomic mass is 16.5. The smallest absolute Gasteiger partial charge is 0.246 e. The van der Waals surface area contributed by atoms with Crippen LogP contribution in [0.5, 0.6) is 5.75 Å². The summed E-state index contributed by atoms with van der Waals surface area (Å²) in [6.45, 7) is 0.0142. The second kappa shape index (κ2) is 5.65. The Morgan fingerprint density at radius 1 is 1.25 bits per heavy atom. The highest BCUT2D eigenvalue weighted by molar-refractivity contribution is 6.08. The van der Waals surface area contributed by atoms with Gasteiger partial charge < -0.3 is 14.5 Å². The number of aromatic nitrogens is 4. The first kappa shape index (κ1) is 14.2. The average molecular weight is 323 g/mol. The van der Waals surface area contributed by atoms with Gasteiger partial charge in [-0.1, -0.05) is 18.2 Å². The van der Waals surface area contributed by atoms with E-state index in [-0.39, 0.29) is 12.5 Å². The van der Waals surface area contributed by atoms with Crippen molar-refractivity contribution in [2.75, 3.05) is 12.4 Å². The van der Waals surface area contributed by atoms with E-state index in [0.717, 1.165) is 16.4 Å². The van der Waals surface area contributed by atoms with Gasteiger partial charge in [0, 0.05) is 16.8 Å². The highest BCUT2D eigenvalue weighted by Crippen LogP contribution is 2.36. The Morgan fingerprint density at radius 3 is 2.92 bits per heavy atom. The first-order valence-corrected chi connectivity index (χ1v) is 7.24. The van der Waals surface area contributed by atoms with Crippen LogP contribution in [0.1, 0.15) is 0 Å². The van der Waals surface area contributed by atoms with Gasteiger partial charge in [0.05, 0.1) is 12.8 Å². The summed E-state index contributed by atoms with van der Waals surface area (Å²) in [6, 6.07) is 11.3. The molecule has 0 atom stereocenters. The predicted molar refractivity (Wildman–Crippen MR) is 86.7 cm³/mol. The summed E-state index contributed by atoms with van der Waals surface area (Å²) >= 11 is 0. The zero-order valence-electron chi connectivity index (χ0n) is 12.8. The van der Waals surface area contributed by atoms with E-state index < -0.39 is 0 Å². The molecule has 8 heteroatoms. The summed E-state index contributed by atoms with van der Waals surface area (Å²) < 4.78 is 12.5. The zero-order valence-corrected chi connectivity index (χ0v) is 12.8. The van der Waals surface area contributed by atoms with Gasteiger partial charge in [0.15, 0.2) is 0 Å². The predicted octanol–water partition coefficient (Wildman–Crippen LogP) is 2.22. The molecule has 120 valence electrons. The molecule has 8 nitrogen and oxygen atoms in total. The SMILES string of the molecule is COc1cc2oc3ccccc3c2cc1NC(=O)Cn1cnnn1. The Balaban J connectivity index is 1.73. The van der Waals surface area contributed by atoms with Gasteiger partial charge in [-0.25, -0.2) is 4.68 Å². The van der Waals surface area contributed by atoms with Crippen LogP contribution >= 0.6 is 0 Å². The summed E-state index contributed by atoms with van der Waals surface area (Å²) in [6.07, 6.45) is 1.38. The van der Waals surface area contributed by atoms with E-state index in [0.29, 0.717) is 17.0 Å². The number of hydrogen-bond acceptors (Lipinski definition) is 6. The van der Waals surface area contributed by atoms with Crippen LogP contribution in [0.3, 0.4) is 0 Å². The Bertz CT molecular complexity index is 1020. The number of hydrogen-bond donors (Lipinski definition) is 1. The van der Waals surface area contributed by atoms with Crippen LogP contribution in [0.4, 0.5) is 5.69 Å². The molecule has 0 unspecified atom stereocenters. The third-order valence-electron chi connectivity index (χ3n) is 3.67. The number of amides is 1. The standard InChI is InChI=1S/C16H13N5O3/c1-23-15-7-14-11(10-4-2-3-5-13(10)24-14)6-12(15)18-16(22)8-21-9-17-19-20-21/h2-7,9H,8H2,1H3,(H,18,22). The lowest BCUT2D eigenvalue weighted by molar-refractivity contribution is -0.116. The number of fused-ring (bicyclic) bond motifs is 3. The van der Waals surface area contributed by atoms with E-state index in [4.69, 9.17) is 9.15 Å². The lowest BCUT2D eigenvalue weighted by atomic mass is 10.1. The number of rotatable bonds is 4. The molecule has 0 saturated carbocycles. The Hall–Kier alpha value is -3.42. The fourth-order valence-electron chi connectivity index (χ4n) is 2.61. The second-order valence-electron chi connectivity index (χ2n) is 5.20. The minimum atomic E-state index is -0.257. The van der Waals surface area contributed by atoms with Gasteiger partial charge in [-0.2, -0.15) is 0 Å². The molecule has 0 spiro atoms. The molecule has 0 aliphatic carbocycles. The van der Waals surface area contributed by atoms with Gasteiger partial charge >= 0.3 is 0 Å². The van der Waals surface area contributed by atoms with Crippen LogP contribution in [-0.2, 0) is 11.3 Å². The molecule has 0 aliphatic rings. The number of ether oxygens (including phenoxy) is 1. The number of furan rings is 1. The quantitative estimate of drug-likeness (QED) is 0.619. The van der Waals surface area contributed by atoms with Crippen LogP contribution in [0.25, 0.3) is 21.9 Å². The minimum absolute atomic E-state index is 0.0142. The maximum Gasteiger partial charge on any atom is 0.246 e. The highest BCUT2D eigenvalue weighted by Gasteiger charge is 2.14. The van der Waals surface area contributed by atoms with Crippen LogP contribution in [0.2, 0.25) is 0 Å². The number of benzene rings is 2. The van der Waals surface area contributed by atoms with E-state index in [9.17, 15) is 4.79 Å². The summed E-state index contributed by atoms with van der Waals surface area (Å²) in [7, 11) is 1.54. The number of nitrogens with zero attached hydrogens (tertiary/aromatic N) is 4. The van der Waals surface area contributed by atoms with Gasteiger partial charge in [-0.05, 0) is 22.6 Å². The number of anilines is 1. The molecule has 0 saturated heterocycles. The van der Waals surface area contributed by atoms with Gasteiger partial charge in [0.2, 0.25) is 5.91 Å². The number of carbonyl (C=O) groups is 1. The lowest BCUT2D eigenvalue weighted by Gasteiger charge is -2.10. The summed E-state index contributed by atoms with van der Waals surface area (Å²) in [5, 5.41) is 15.4. The van der Waals surface area contributed by atoms with Crippen LogP contribution < -0.4 is 10.1 Å². The molecule has 0 aliphatic heterocycles.